The van der Waals surface area contributed by atoms with E-state index in [0.29, 0.717) is 11.3 Å². The predicted molar refractivity (Wildman–Crippen MR) is 79.4 cm³/mol. The van der Waals surface area contributed by atoms with Crippen molar-refractivity contribution in [3.8, 4) is 6.07 Å². The summed E-state index contributed by atoms with van der Waals surface area (Å²) in [5.74, 6) is -1.09. The maximum atomic E-state index is 13.8. The number of benzene rings is 2. The van der Waals surface area contributed by atoms with Crippen LogP contribution in [0.1, 0.15) is 27.0 Å². The van der Waals surface area contributed by atoms with E-state index in [9.17, 15) is 9.18 Å². The number of hydrogen-bond donors (Lipinski definition) is 2. The van der Waals surface area contributed by atoms with Gasteiger partial charge in [-0.3, -0.25) is 4.79 Å². The fourth-order valence-corrected chi connectivity index (χ4v) is 1.99. The Balaban J connectivity index is 2.31. The van der Waals surface area contributed by atoms with E-state index in [1.165, 1.54) is 12.1 Å². The van der Waals surface area contributed by atoms with E-state index in [1.54, 1.807) is 19.1 Å². The van der Waals surface area contributed by atoms with Crippen LogP contribution in [-0.4, -0.2) is 5.91 Å². The molecule has 0 fully saturated rings. The first kappa shape index (κ1) is 14.5. The molecule has 2 aromatic rings. The van der Waals surface area contributed by atoms with Gasteiger partial charge in [0.05, 0.1) is 17.3 Å². The summed E-state index contributed by atoms with van der Waals surface area (Å²) in [7, 11) is 0. The highest BCUT2D eigenvalue weighted by Crippen LogP contribution is 2.21. The number of nitrogens with zero attached hydrogens (tertiary/aromatic N) is 1. The van der Waals surface area contributed by atoms with Crippen LogP contribution in [0, 0.1) is 31.0 Å². The minimum absolute atomic E-state index is 0.0255. The first-order chi connectivity index (χ1) is 9.92. The molecule has 2 aromatic carbocycles. The van der Waals surface area contributed by atoms with E-state index in [4.69, 9.17) is 11.0 Å². The first-order valence-corrected chi connectivity index (χ1v) is 6.30. The first-order valence-electron chi connectivity index (χ1n) is 6.30. The van der Waals surface area contributed by atoms with Gasteiger partial charge in [-0.05, 0) is 49.2 Å². The molecular weight excluding hydrogens is 269 g/mol. The number of amides is 1. The minimum Gasteiger partial charge on any atom is -0.398 e. The van der Waals surface area contributed by atoms with E-state index in [-0.39, 0.29) is 11.3 Å². The Labute approximate surface area is 122 Å². The number of halogens is 1. The van der Waals surface area contributed by atoms with Crippen molar-refractivity contribution in [2.45, 2.75) is 13.8 Å². The Morgan fingerprint density at radius 3 is 2.57 bits per heavy atom. The third-order valence-corrected chi connectivity index (χ3v) is 3.20. The summed E-state index contributed by atoms with van der Waals surface area (Å²) in [6.07, 6.45) is 0. The van der Waals surface area contributed by atoms with Crippen molar-refractivity contribution in [1.82, 2.24) is 0 Å². The summed E-state index contributed by atoms with van der Waals surface area (Å²) in [6.45, 7) is 3.64. The lowest BCUT2D eigenvalue weighted by Crippen LogP contribution is -2.15. The molecule has 0 saturated carbocycles. The summed E-state index contributed by atoms with van der Waals surface area (Å²) in [5, 5.41) is 11.2. The zero-order valence-corrected chi connectivity index (χ0v) is 11.7. The fourth-order valence-electron chi connectivity index (χ4n) is 1.99. The fraction of sp³-hybridized carbons (Fsp3) is 0.125. The molecule has 0 aliphatic carbocycles. The van der Waals surface area contributed by atoms with E-state index in [2.05, 4.69) is 5.32 Å². The van der Waals surface area contributed by atoms with Gasteiger partial charge in [0.25, 0.3) is 5.91 Å². The predicted octanol–water partition coefficient (Wildman–Crippen LogP) is 3.15. The average molecular weight is 283 g/mol. The number of carbonyl (C=O) groups is 1. The standard InChI is InChI=1S/C16H14FN3O/c1-9-5-10(2)14(19)7-12(9)16(21)20-15-4-3-11(8-18)6-13(15)17/h3-7H,19H2,1-2H3,(H,20,21). The molecule has 21 heavy (non-hydrogen) atoms. The lowest BCUT2D eigenvalue weighted by molar-refractivity contribution is 0.102. The van der Waals surface area contributed by atoms with Gasteiger partial charge in [0, 0.05) is 11.3 Å². The van der Waals surface area contributed by atoms with Gasteiger partial charge in [-0.25, -0.2) is 4.39 Å². The Kier molecular flexibility index (Phi) is 3.90. The molecule has 4 nitrogen and oxygen atoms in total. The normalized spacial score (nSPS) is 10.0. The van der Waals surface area contributed by atoms with Gasteiger partial charge in [0.2, 0.25) is 0 Å². The molecule has 3 N–H and O–H groups in total. The van der Waals surface area contributed by atoms with Crippen LogP contribution in [0.4, 0.5) is 15.8 Å². The molecule has 1 amide bonds. The zero-order valence-electron chi connectivity index (χ0n) is 11.7. The number of nitrogens with two attached hydrogens (primary N) is 1. The molecular formula is C16H14FN3O. The van der Waals surface area contributed by atoms with Crippen LogP contribution in [0.3, 0.4) is 0 Å². The van der Waals surface area contributed by atoms with E-state index >= 15 is 0 Å². The zero-order chi connectivity index (χ0) is 15.6. The number of nitriles is 1. The molecule has 0 atom stereocenters. The second kappa shape index (κ2) is 5.63. The molecule has 0 aliphatic rings. The largest absolute Gasteiger partial charge is 0.398 e. The van der Waals surface area contributed by atoms with E-state index in [0.717, 1.165) is 17.2 Å². The van der Waals surface area contributed by atoms with Crippen molar-refractivity contribution in [2.75, 3.05) is 11.1 Å². The van der Waals surface area contributed by atoms with Gasteiger partial charge in [-0.15, -0.1) is 0 Å². The third kappa shape index (κ3) is 3.00. The average Bonchev–Trinajstić information content (AvgIpc) is 2.44. The summed E-state index contributed by atoms with van der Waals surface area (Å²) in [4.78, 5) is 12.2. The summed E-state index contributed by atoms with van der Waals surface area (Å²) in [5.41, 5.74) is 8.56. The van der Waals surface area contributed by atoms with Crippen LogP contribution < -0.4 is 11.1 Å². The molecule has 5 heteroatoms. The molecule has 0 unspecified atom stereocenters. The van der Waals surface area contributed by atoms with Crippen LogP contribution in [0.5, 0.6) is 0 Å². The van der Waals surface area contributed by atoms with Gasteiger partial charge in [-0.1, -0.05) is 6.07 Å². The van der Waals surface area contributed by atoms with Gasteiger partial charge in [0.1, 0.15) is 5.82 Å². The Morgan fingerprint density at radius 2 is 1.95 bits per heavy atom. The van der Waals surface area contributed by atoms with Crippen molar-refractivity contribution in [2.24, 2.45) is 0 Å². The maximum absolute atomic E-state index is 13.8. The maximum Gasteiger partial charge on any atom is 0.256 e. The Hall–Kier alpha value is -2.87. The number of anilines is 2. The quantitative estimate of drug-likeness (QED) is 0.831. The third-order valence-electron chi connectivity index (χ3n) is 3.20. The number of carbonyl (C=O) groups excluding carboxylic acids is 1. The van der Waals surface area contributed by atoms with Crippen molar-refractivity contribution in [3.63, 3.8) is 0 Å². The second-order valence-corrected chi connectivity index (χ2v) is 4.78. The van der Waals surface area contributed by atoms with Crippen LogP contribution in [0.2, 0.25) is 0 Å². The van der Waals surface area contributed by atoms with Crippen molar-refractivity contribution in [3.05, 3.63) is 58.4 Å². The topological polar surface area (TPSA) is 78.9 Å². The van der Waals surface area contributed by atoms with Crippen molar-refractivity contribution >= 4 is 17.3 Å². The Bertz CT molecular complexity index is 763. The summed E-state index contributed by atoms with van der Waals surface area (Å²) < 4.78 is 13.8. The molecule has 0 bridgehead atoms. The van der Waals surface area contributed by atoms with Crippen molar-refractivity contribution in [1.29, 1.82) is 5.26 Å². The number of hydrogen-bond acceptors (Lipinski definition) is 3. The van der Waals surface area contributed by atoms with Gasteiger partial charge < -0.3 is 11.1 Å². The monoisotopic (exact) mass is 283 g/mol. The number of nitrogen functional groups attached to an aromatic ring is 1. The molecule has 0 spiro atoms. The van der Waals surface area contributed by atoms with Gasteiger partial charge >= 0.3 is 0 Å². The van der Waals surface area contributed by atoms with Crippen LogP contribution in [0.25, 0.3) is 0 Å². The number of rotatable bonds is 2. The summed E-state index contributed by atoms with van der Waals surface area (Å²) in [6, 6.07) is 9.08. The highest BCUT2D eigenvalue weighted by Gasteiger charge is 2.13. The molecule has 0 heterocycles. The molecule has 0 aromatic heterocycles. The Morgan fingerprint density at radius 1 is 1.24 bits per heavy atom. The SMILES string of the molecule is Cc1cc(C)c(C(=O)Nc2ccc(C#N)cc2F)cc1N. The lowest BCUT2D eigenvalue weighted by atomic mass is 10.0. The number of nitrogens with one attached hydrogen (secondary N) is 1. The number of aryl methyl sites for hydroxylation is 2. The van der Waals surface area contributed by atoms with Gasteiger partial charge in [-0.2, -0.15) is 5.26 Å². The lowest BCUT2D eigenvalue weighted by Gasteiger charge is -2.11. The second-order valence-electron chi connectivity index (χ2n) is 4.78. The van der Waals surface area contributed by atoms with E-state index < -0.39 is 11.7 Å². The summed E-state index contributed by atoms with van der Waals surface area (Å²) >= 11 is 0. The highest BCUT2D eigenvalue weighted by atomic mass is 19.1. The van der Waals surface area contributed by atoms with Gasteiger partial charge in [0.15, 0.2) is 0 Å². The molecule has 0 saturated heterocycles. The van der Waals surface area contributed by atoms with Crippen LogP contribution in [0.15, 0.2) is 30.3 Å². The molecule has 2 rings (SSSR count). The van der Waals surface area contributed by atoms with E-state index in [1.807, 2.05) is 13.0 Å². The van der Waals surface area contributed by atoms with Crippen LogP contribution >= 0.6 is 0 Å². The molecule has 0 radical (unpaired) electrons. The smallest absolute Gasteiger partial charge is 0.256 e. The molecule has 0 aliphatic heterocycles. The molecule has 106 valence electrons. The highest BCUT2D eigenvalue weighted by molar-refractivity contribution is 6.06. The minimum atomic E-state index is -0.653. The van der Waals surface area contributed by atoms with Crippen molar-refractivity contribution < 1.29 is 9.18 Å². The van der Waals surface area contributed by atoms with Crippen LogP contribution in [-0.2, 0) is 0 Å².